The Labute approximate surface area is 132 Å². The monoisotopic (exact) mass is 390 g/mol. The molecule has 0 saturated carbocycles. The molecule has 0 spiro atoms. The molecule has 0 aromatic carbocycles. The normalized spacial score (nSPS) is 16.7. The third-order valence-electron chi connectivity index (χ3n) is 2.11. The van der Waals surface area contributed by atoms with Gasteiger partial charge in [-0.15, -0.1) is 0 Å². The summed E-state index contributed by atoms with van der Waals surface area (Å²) in [6.07, 6.45) is -7.46. The van der Waals surface area contributed by atoms with Gasteiger partial charge in [-0.3, -0.25) is 4.55 Å². The summed E-state index contributed by atoms with van der Waals surface area (Å²) in [5.41, 5.74) is -5.59. The summed E-state index contributed by atoms with van der Waals surface area (Å²) >= 11 is 0. The molecule has 1 N–H and O–H groups in total. The summed E-state index contributed by atoms with van der Waals surface area (Å²) in [6, 6.07) is 0. The summed E-state index contributed by atoms with van der Waals surface area (Å²) in [5, 5.41) is 0. The van der Waals surface area contributed by atoms with E-state index in [9.17, 15) is 61.1 Å². The van der Waals surface area contributed by atoms with Crippen molar-refractivity contribution in [1.82, 2.24) is 0 Å². The van der Waals surface area contributed by atoms with Crippen LogP contribution in [0.3, 0.4) is 0 Å². The largest absolute Gasteiger partial charge is 1.00 e. The van der Waals surface area contributed by atoms with Crippen LogP contribution in [0.1, 0.15) is 1.43 Å². The molecule has 0 saturated heterocycles. The first-order chi connectivity index (χ1) is 9.15. The Hall–Kier alpha value is -0.333. The summed E-state index contributed by atoms with van der Waals surface area (Å²) in [5.74, 6) is -30.9. The molecule has 17 heteroatoms. The minimum atomic E-state index is -7.95. The maximum Gasteiger partial charge on any atom is 1.00 e. The molecule has 0 heterocycles. The van der Waals surface area contributed by atoms with Crippen molar-refractivity contribution in [2.75, 3.05) is 0 Å². The van der Waals surface area contributed by atoms with Crippen LogP contribution >= 0.6 is 0 Å². The molecule has 0 aromatic rings. The second-order valence-corrected chi connectivity index (χ2v) is 5.12. The van der Waals surface area contributed by atoms with E-state index in [-0.39, 0.29) is 20.3 Å². The molecule has 0 aliphatic heterocycles. The van der Waals surface area contributed by atoms with Gasteiger partial charge in [0.2, 0.25) is 0 Å². The van der Waals surface area contributed by atoms with Crippen LogP contribution in [-0.4, -0.2) is 48.3 Å². The number of hydrogen-bond acceptors (Lipinski definition) is 2. The molecule has 0 amide bonds. The molecule has 136 valence electrons. The molecule has 0 bridgehead atoms. The van der Waals surface area contributed by atoms with Crippen molar-refractivity contribution in [3.8, 4) is 0 Å². The molecule has 3 nitrogen and oxygen atoms in total. The Balaban J connectivity index is -0.00000220. The van der Waals surface area contributed by atoms with Crippen LogP contribution in [0, 0.1) is 0 Å². The summed E-state index contributed by atoms with van der Waals surface area (Å²) < 4.78 is 175. The molecule has 0 fully saturated rings. The van der Waals surface area contributed by atoms with Gasteiger partial charge in [-0.1, -0.05) is 0 Å². The molecule has 0 aromatic heterocycles. The van der Waals surface area contributed by atoms with E-state index in [4.69, 9.17) is 4.55 Å². The fraction of sp³-hybridized carbons (Fsp3) is 1.00. The Morgan fingerprint density at radius 3 is 1.26 bits per heavy atom. The van der Waals surface area contributed by atoms with Gasteiger partial charge in [0.05, 0.1) is 0 Å². The van der Waals surface area contributed by atoms with Crippen LogP contribution in [-0.2, 0) is 10.1 Å². The average molecular weight is 390 g/mol. The van der Waals surface area contributed by atoms with Crippen molar-refractivity contribution < 1.29 is 85.9 Å². The van der Waals surface area contributed by atoms with Gasteiger partial charge >= 0.3 is 58.8 Å². The van der Waals surface area contributed by atoms with Crippen molar-refractivity contribution in [3.63, 3.8) is 0 Å². The third-order valence-corrected chi connectivity index (χ3v) is 2.93. The van der Waals surface area contributed by atoms with E-state index in [2.05, 4.69) is 0 Å². The van der Waals surface area contributed by atoms with E-state index in [1.54, 1.807) is 0 Å². The fourth-order valence-corrected chi connectivity index (χ4v) is 1.44. The maximum absolute atomic E-state index is 12.7. The summed E-state index contributed by atoms with van der Waals surface area (Å²) in [7, 11) is -6.84. The van der Waals surface area contributed by atoms with Crippen molar-refractivity contribution in [2.45, 2.75) is 35.4 Å². The first-order valence-electron chi connectivity index (χ1n) is 4.34. The van der Waals surface area contributed by atoms with Gasteiger partial charge in [0.1, 0.15) is 0 Å². The predicted octanol–water partition coefficient (Wildman–Crippen LogP) is 0.390. The smallest absolute Gasteiger partial charge is 1.00 e. The molecule has 0 aliphatic rings. The predicted molar refractivity (Wildman–Crippen MR) is 43.4 cm³/mol. The zero-order chi connectivity index (χ0) is 18.6. The van der Waals surface area contributed by atoms with E-state index in [0.29, 0.717) is 0 Å². The van der Waals surface area contributed by atoms with E-state index >= 15 is 0 Å². The molecular formula is C6H3F12LiO3S. The van der Waals surface area contributed by atoms with E-state index in [1.807, 2.05) is 0 Å². The number of rotatable bonds is 5. The van der Waals surface area contributed by atoms with Crippen molar-refractivity contribution in [3.05, 3.63) is 0 Å². The van der Waals surface area contributed by atoms with E-state index in [0.717, 1.165) is 0 Å². The van der Waals surface area contributed by atoms with Gasteiger partial charge in [0.15, 0.2) is 0 Å². The van der Waals surface area contributed by atoms with Gasteiger partial charge in [-0.2, -0.15) is 56.7 Å². The van der Waals surface area contributed by atoms with Gasteiger partial charge in [0, 0.05) is 0 Å². The second kappa shape index (κ2) is 6.19. The second-order valence-electron chi connectivity index (χ2n) is 3.67. The Morgan fingerprint density at radius 2 is 1.04 bits per heavy atom. The van der Waals surface area contributed by atoms with Crippen LogP contribution in [0.15, 0.2) is 0 Å². The van der Waals surface area contributed by atoms with Gasteiger partial charge in [-0.25, -0.2) is 4.39 Å². The van der Waals surface area contributed by atoms with Gasteiger partial charge in [0.25, 0.3) is 5.50 Å². The van der Waals surface area contributed by atoms with Crippen molar-refractivity contribution in [2.24, 2.45) is 0 Å². The molecule has 1 atom stereocenters. The van der Waals surface area contributed by atoms with Gasteiger partial charge < -0.3 is 1.43 Å². The topological polar surface area (TPSA) is 54.4 Å². The van der Waals surface area contributed by atoms with Crippen LogP contribution in [0.25, 0.3) is 0 Å². The van der Waals surface area contributed by atoms with Crippen molar-refractivity contribution in [1.29, 1.82) is 0 Å². The average Bonchev–Trinajstić information content (AvgIpc) is 2.24. The molecule has 1 unspecified atom stereocenters. The maximum atomic E-state index is 12.7. The Morgan fingerprint density at radius 1 is 0.739 bits per heavy atom. The molecule has 0 rings (SSSR count). The number of halogens is 12. The third kappa shape index (κ3) is 3.69. The minimum Gasteiger partial charge on any atom is -1.00 e. The zero-order valence-corrected chi connectivity index (χ0v) is 11.1. The van der Waals surface area contributed by atoms with E-state index in [1.165, 1.54) is 0 Å². The zero-order valence-electron chi connectivity index (χ0n) is 11.3. The van der Waals surface area contributed by atoms with Crippen LogP contribution < -0.4 is 18.9 Å². The SMILES string of the molecule is O=S(=O)(O)C(F)C(F)(F)C(F)(F)C(F)(F)C(F)(F)C(F)(F)F.[H-].[Li+]. The summed E-state index contributed by atoms with van der Waals surface area (Å²) in [6.45, 7) is 0. The molecule has 0 radical (unpaired) electrons. The molecular weight excluding hydrogens is 387 g/mol. The fourth-order valence-electron chi connectivity index (χ4n) is 0.914. The quantitative estimate of drug-likeness (QED) is 0.420. The number of hydrogen-bond donors (Lipinski definition) is 1. The molecule has 0 aliphatic carbocycles. The standard InChI is InChI=1S/C6H2F12O3S.Li.H/c7-1(22(19,20)21)2(8,9)3(10,11)4(12,13)5(14,15)6(16,17)18;;/h1H,(H,19,20,21);;/q;+1;-1. The summed E-state index contributed by atoms with van der Waals surface area (Å²) in [4.78, 5) is 0. The van der Waals surface area contributed by atoms with Crippen molar-refractivity contribution >= 4 is 10.1 Å². The molecule has 23 heavy (non-hydrogen) atoms. The van der Waals surface area contributed by atoms with Crippen LogP contribution in [0.5, 0.6) is 0 Å². The Bertz CT molecular complexity index is 531. The Kier molecular flexibility index (Phi) is 6.71. The van der Waals surface area contributed by atoms with E-state index < -0.39 is 45.5 Å². The van der Waals surface area contributed by atoms with Gasteiger partial charge in [-0.05, 0) is 0 Å². The first kappa shape index (κ1) is 24.9. The minimum absolute atomic E-state index is 0. The number of alkyl halides is 12. The first-order valence-corrected chi connectivity index (χ1v) is 5.84. The van der Waals surface area contributed by atoms with Crippen LogP contribution in [0.4, 0.5) is 52.7 Å². The van der Waals surface area contributed by atoms with Crippen LogP contribution in [0.2, 0.25) is 0 Å².